The lowest BCUT2D eigenvalue weighted by Gasteiger charge is -2.08. The van der Waals surface area contributed by atoms with Gasteiger partial charge in [-0.3, -0.25) is 9.59 Å². The summed E-state index contributed by atoms with van der Waals surface area (Å²) >= 11 is 3.36. The van der Waals surface area contributed by atoms with Crippen molar-refractivity contribution in [3.05, 3.63) is 112 Å². The van der Waals surface area contributed by atoms with Crippen molar-refractivity contribution in [2.24, 2.45) is 0 Å². The number of aryl methyl sites for hydroxylation is 1. The molecule has 3 aromatic carbocycles. The zero-order chi connectivity index (χ0) is 25.1. The standard InChI is InChI=1S/C28H22BrN5O2/c1-18-25-16-23(17-30-27(25)34(33-18)24-5-3-2-4-6-24)31-26(35)15-19-7-13-22(14-8-19)32-28(36)20-9-11-21(29)12-10-20/h2-14,16-17H,15H2,1H3,(H,31,35)(H,32,36). The van der Waals surface area contributed by atoms with Crippen LogP contribution in [0, 0.1) is 6.92 Å². The lowest BCUT2D eigenvalue weighted by Crippen LogP contribution is -2.15. The number of halogens is 1. The highest BCUT2D eigenvalue weighted by molar-refractivity contribution is 9.10. The fourth-order valence-electron chi connectivity index (χ4n) is 3.86. The Morgan fingerprint density at radius 3 is 2.33 bits per heavy atom. The number of pyridine rings is 1. The van der Waals surface area contributed by atoms with Crippen molar-refractivity contribution >= 4 is 50.2 Å². The molecule has 2 N–H and O–H groups in total. The number of rotatable bonds is 6. The van der Waals surface area contributed by atoms with E-state index in [2.05, 4.69) is 36.6 Å². The van der Waals surface area contributed by atoms with Gasteiger partial charge in [0.1, 0.15) is 0 Å². The highest BCUT2D eigenvalue weighted by Crippen LogP contribution is 2.23. The summed E-state index contributed by atoms with van der Waals surface area (Å²) in [4.78, 5) is 29.6. The van der Waals surface area contributed by atoms with Crippen LogP contribution in [0.2, 0.25) is 0 Å². The van der Waals surface area contributed by atoms with Gasteiger partial charge in [0.2, 0.25) is 5.91 Å². The highest BCUT2D eigenvalue weighted by Gasteiger charge is 2.13. The van der Waals surface area contributed by atoms with Crippen LogP contribution in [0.15, 0.2) is 95.6 Å². The maximum Gasteiger partial charge on any atom is 0.255 e. The van der Waals surface area contributed by atoms with E-state index >= 15 is 0 Å². The highest BCUT2D eigenvalue weighted by atomic mass is 79.9. The molecule has 2 aromatic heterocycles. The third kappa shape index (κ3) is 5.18. The number of carbonyl (C=O) groups excluding carboxylic acids is 2. The number of aromatic nitrogens is 3. The predicted octanol–water partition coefficient (Wildman–Crippen LogP) is 5.92. The van der Waals surface area contributed by atoms with Crippen LogP contribution in [-0.2, 0) is 11.2 Å². The number of anilines is 2. The smallest absolute Gasteiger partial charge is 0.255 e. The summed E-state index contributed by atoms with van der Waals surface area (Å²) in [6.07, 6.45) is 1.84. The second-order valence-electron chi connectivity index (χ2n) is 8.31. The van der Waals surface area contributed by atoms with Gasteiger partial charge < -0.3 is 10.6 Å². The molecule has 0 atom stereocenters. The van der Waals surface area contributed by atoms with E-state index in [-0.39, 0.29) is 18.2 Å². The Bertz CT molecular complexity index is 1550. The molecular formula is C28H22BrN5O2. The average molecular weight is 540 g/mol. The Labute approximate surface area is 216 Å². The Morgan fingerprint density at radius 2 is 1.61 bits per heavy atom. The number of nitrogens with zero attached hydrogens (tertiary/aromatic N) is 3. The topological polar surface area (TPSA) is 88.9 Å². The number of amides is 2. The normalized spacial score (nSPS) is 10.8. The van der Waals surface area contributed by atoms with E-state index < -0.39 is 0 Å². The summed E-state index contributed by atoms with van der Waals surface area (Å²) in [5.74, 6) is -0.349. The number of benzene rings is 3. The van der Waals surface area contributed by atoms with Crippen molar-refractivity contribution in [3.8, 4) is 5.69 Å². The minimum atomic E-state index is -0.193. The quantitative estimate of drug-likeness (QED) is 0.280. The van der Waals surface area contributed by atoms with Crippen LogP contribution in [0.25, 0.3) is 16.7 Å². The van der Waals surface area contributed by atoms with Crippen LogP contribution in [0.1, 0.15) is 21.6 Å². The van der Waals surface area contributed by atoms with E-state index in [1.807, 2.05) is 67.6 Å². The van der Waals surface area contributed by atoms with E-state index in [0.717, 1.165) is 32.5 Å². The van der Waals surface area contributed by atoms with Crippen LogP contribution in [0.4, 0.5) is 11.4 Å². The lowest BCUT2D eigenvalue weighted by molar-refractivity contribution is -0.115. The van der Waals surface area contributed by atoms with Crippen molar-refractivity contribution in [3.63, 3.8) is 0 Å². The van der Waals surface area contributed by atoms with E-state index in [1.54, 1.807) is 35.1 Å². The van der Waals surface area contributed by atoms with Gasteiger partial charge in [-0.25, -0.2) is 9.67 Å². The molecule has 5 aromatic rings. The molecule has 2 heterocycles. The maximum absolute atomic E-state index is 12.7. The first-order valence-corrected chi connectivity index (χ1v) is 12.1. The molecule has 0 saturated carbocycles. The van der Waals surface area contributed by atoms with Crippen molar-refractivity contribution in [2.45, 2.75) is 13.3 Å². The molecule has 36 heavy (non-hydrogen) atoms. The van der Waals surface area contributed by atoms with Gasteiger partial charge in [0, 0.05) is 21.1 Å². The minimum absolute atomic E-state index is 0.157. The second-order valence-corrected chi connectivity index (χ2v) is 9.23. The van der Waals surface area contributed by atoms with Crippen LogP contribution < -0.4 is 10.6 Å². The van der Waals surface area contributed by atoms with Gasteiger partial charge in [-0.15, -0.1) is 0 Å². The molecule has 0 spiro atoms. The van der Waals surface area contributed by atoms with Gasteiger partial charge in [-0.1, -0.05) is 46.3 Å². The monoisotopic (exact) mass is 539 g/mol. The van der Waals surface area contributed by atoms with Gasteiger partial charge in [0.25, 0.3) is 5.91 Å². The summed E-state index contributed by atoms with van der Waals surface area (Å²) in [7, 11) is 0. The number of fused-ring (bicyclic) bond motifs is 1. The van der Waals surface area contributed by atoms with Crippen molar-refractivity contribution in [1.82, 2.24) is 14.8 Å². The molecule has 7 nitrogen and oxygen atoms in total. The molecule has 0 unspecified atom stereocenters. The van der Waals surface area contributed by atoms with E-state index in [1.165, 1.54) is 0 Å². The second kappa shape index (κ2) is 10.1. The molecule has 0 radical (unpaired) electrons. The summed E-state index contributed by atoms with van der Waals surface area (Å²) < 4.78 is 2.71. The first kappa shape index (κ1) is 23.4. The fourth-order valence-corrected chi connectivity index (χ4v) is 4.13. The van der Waals surface area contributed by atoms with E-state index in [9.17, 15) is 9.59 Å². The fraction of sp³-hybridized carbons (Fsp3) is 0.0714. The van der Waals surface area contributed by atoms with E-state index in [4.69, 9.17) is 0 Å². The van der Waals surface area contributed by atoms with Crippen LogP contribution >= 0.6 is 15.9 Å². The zero-order valence-electron chi connectivity index (χ0n) is 19.4. The number of nitrogens with one attached hydrogen (secondary N) is 2. The SMILES string of the molecule is Cc1nn(-c2ccccc2)c2ncc(NC(=O)Cc3ccc(NC(=O)c4ccc(Br)cc4)cc3)cc12. The molecule has 178 valence electrons. The molecule has 8 heteroatoms. The van der Waals surface area contributed by atoms with Gasteiger partial charge in [-0.05, 0) is 67.1 Å². The number of hydrogen-bond donors (Lipinski definition) is 2. The molecule has 2 amide bonds. The van der Waals surface area contributed by atoms with Crippen LogP contribution in [-0.4, -0.2) is 26.6 Å². The summed E-state index contributed by atoms with van der Waals surface area (Å²) in [6.45, 7) is 1.92. The molecule has 0 aliphatic heterocycles. The Morgan fingerprint density at radius 1 is 0.889 bits per heavy atom. The van der Waals surface area contributed by atoms with Gasteiger partial charge >= 0.3 is 0 Å². The molecule has 0 aliphatic rings. The number of carbonyl (C=O) groups is 2. The molecule has 5 rings (SSSR count). The predicted molar refractivity (Wildman–Crippen MR) is 144 cm³/mol. The number of hydrogen-bond acceptors (Lipinski definition) is 4. The van der Waals surface area contributed by atoms with Crippen molar-refractivity contribution in [2.75, 3.05) is 10.6 Å². The number of para-hydroxylation sites is 1. The maximum atomic E-state index is 12.7. The Hall–Kier alpha value is -4.30. The molecule has 0 bridgehead atoms. The summed E-state index contributed by atoms with van der Waals surface area (Å²) in [5, 5.41) is 11.3. The largest absolute Gasteiger partial charge is 0.324 e. The van der Waals surface area contributed by atoms with Crippen molar-refractivity contribution in [1.29, 1.82) is 0 Å². The van der Waals surface area contributed by atoms with E-state index in [0.29, 0.717) is 16.9 Å². The molecule has 0 aliphatic carbocycles. The Balaban J connectivity index is 1.23. The van der Waals surface area contributed by atoms with Crippen LogP contribution in [0.5, 0.6) is 0 Å². The van der Waals surface area contributed by atoms with Crippen LogP contribution in [0.3, 0.4) is 0 Å². The van der Waals surface area contributed by atoms with Gasteiger partial charge in [-0.2, -0.15) is 5.10 Å². The average Bonchev–Trinajstić information content (AvgIpc) is 3.22. The Kier molecular flexibility index (Phi) is 6.60. The first-order valence-electron chi connectivity index (χ1n) is 11.3. The molecule has 0 saturated heterocycles. The molecule has 0 fully saturated rings. The first-order chi connectivity index (χ1) is 17.5. The van der Waals surface area contributed by atoms with Crippen molar-refractivity contribution < 1.29 is 9.59 Å². The third-order valence-corrected chi connectivity index (χ3v) is 6.20. The van der Waals surface area contributed by atoms with Gasteiger partial charge in [0.05, 0.1) is 29.7 Å². The summed E-state index contributed by atoms with van der Waals surface area (Å²) in [5.41, 5.74) is 5.16. The minimum Gasteiger partial charge on any atom is -0.324 e. The summed E-state index contributed by atoms with van der Waals surface area (Å²) in [6, 6.07) is 26.1. The zero-order valence-corrected chi connectivity index (χ0v) is 21.0. The molecular weight excluding hydrogens is 518 g/mol. The van der Waals surface area contributed by atoms with Gasteiger partial charge in [0.15, 0.2) is 5.65 Å². The lowest BCUT2D eigenvalue weighted by atomic mass is 10.1. The third-order valence-electron chi connectivity index (χ3n) is 5.67.